The van der Waals surface area contributed by atoms with Gasteiger partial charge in [0.2, 0.25) is 0 Å². The van der Waals surface area contributed by atoms with E-state index in [9.17, 15) is 5.11 Å². The largest absolute Gasteiger partial charge is 0.392 e. The van der Waals surface area contributed by atoms with Crippen molar-refractivity contribution in [2.45, 2.75) is 82.9 Å². The molecule has 2 aliphatic rings. The highest BCUT2D eigenvalue weighted by atomic mass is 16.3. The average Bonchev–Trinajstić information content (AvgIpc) is 2.62. The van der Waals surface area contributed by atoms with E-state index in [1.54, 1.807) is 0 Å². The van der Waals surface area contributed by atoms with E-state index in [-0.39, 0.29) is 6.10 Å². The molecule has 3 atom stereocenters. The summed E-state index contributed by atoms with van der Waals surface area (Å²) < 4.78 is 0. The van der Waals surface area contributed by atoms with Crippen molar-refractivity contribution in [3.8, 4) is 0 Å². The van der Waals surface area contributed by atoms with Crippen molar-refractivity contribution in [1.82, 2.24) is 10.2 Å². The summed E-state index contributed by atoms with van der Waals surface area (Å²) in [7, 11) is 0. The van der Waals surface area contributed by atoms with Gasteiger partial charge >= 0.3 is 0 Å². The van der Waals surface area contributed by atoms with Crippen LogP contribution in [0.2, 0.25) is 0 Å². The molecule has 1 aliphatic heterocycles. The molecule has 2 rings (SSSR count). The molecule has 0 aromatic carbocycles. The molecule has 1 heterocycles. The molecule has 112 valence electrons. The Bertz CT molecular complexity index is 247. The number of likely N-dealkylation sites (tertiary alicyclic amines) is 1. The second-order valence-electron chi connectivity index (χ2n) is 6.50. The number of rotatable bonds is 5. The maximum atomic E-state index is 10.1. The Labute approximate surface area is 118 Å². The highest BCUT2D eigenvalue weighted by Gasteiger charge is 2.21. The maximum absolute atomic E-state index is 10.1. The van der Waals surface area contributed by atoms with E-state index in [1.165, 1.54) is 58.0 Å². The van der Waals surface area contributed by atoms with Gasteiger partial charge in [0.05, 0.1) is 6.10 Å². The van der Waals surface area contributed by atoms with Crippen molar-refractivity contribution in [2.24, 2.45) is 0 Å². The Morgan fingerprint density at radius 3 is 2.68 bits per heavy atom. The van der Waals surface area contributed by atoms with Gasteiger partial charge in [-0.05, 0) is 58.7 Å². The molecule has 1 saturated heterocycles. The summed E-state index contributed by atoms with van der Waals surface area (Å²) in [6.07, 6.45) is 11.2. The molecule has 0 spiro atoms. The Balaban J connectivity index is 1.60. The maximum Gasteiger partial charge on any atom is 0.0693 e. The lowest BCUT2D eigenvalue weighted by Gasteiger charge is -2.33. The van der Waals surface area contributed by atoms with Crippen molar-refractivity contribution < 1.29 is 5.11 Å². The fourth-order valence-electron chi connectivity index (χ4n) is 3.59. The lowest BCUT2D eigenvalue weighted by molar-refractivity contribution is 0.117. The van der Waals surface area contributed by atoms with E-state index >= 15 is 0 Å². The number of piperidine rings is 1. The van der Waals surface area contributed by atoms with Crippen LogP contribution in [0.1, 0.15) is 64.7 Å². The smallest absolute Gasteiger partial charge is 0.0693 e. The minimum Gasteiger partial charge on any atom is -0.392 e. The van der Waals surface area contributed by atoms with Gasteiger partial charge in [0.25, 0.3) is 0 Å². The van der Waals surface area contributed by atoms with Crippen LogP contribution in [0.25, 0.3) is 0 Å². The SMILES string of the molecule is CC1CCCCN1CCCNC1CCCCCC1O. The van der Waals surface area contributed by atoms with Gasteiger partial charge < -0.3 is 15.3 Å². The van der Waals surface area contributed by atoms with Crippen LogP contribution in [0.4, 0.5) is 0 Å². The molecule has 0 amide bonds. The second-order valence-corrected chi connectivity index (χ2v) is 6.50. The lowest BCUT2D eigenvalue weighted by Crippen LogP contribution is -2.42. The molecule has 3 heteroatoms. The van der Waals surface area contributed by atoms with Crippen LogP contribution < -0.4 is 5.32 Å². The molecule has 0 bridgehead atoms. The Hall–Kier alpha value is -0.120. The van der Waals surface area contributed by atoms with E-state index in [2.05, 4.69) is 17.1 Å². The monoisotopic (exact) mass is 268 g/mol. The van der Waals surface area contributed by atoms with Crippen molar-refractivity contribution in [3.05, 3.63) is 0 Å². The highest BCUT2D eigenvalue weighted by molar-refractivity contribution is 4.79. The number of nitrogens with one attached hydrogen (secondary N) is 1. The van der Waals surface area contributed by atoms with Gasteiger partial charge in [0.15, 0.2) is 0 Å². The average molecular weight is 268 g/mol. The van der Waals surface area contributed by atoms with Crippen LogP contribution in [0, 0.1) is 0 Å². The summed E-state index contributed by atoms with van der Waals surface area (Å²) >= 11 is 0. The van der Waals surface area contributed by atoms with Crippen molar-refractivity contribution >= 4 is 0 Å². The molecule has 3 nitrogen and oxygen atoms in total. The third-order valence-electron chi connectivity index (χ3n) is 4.95. The fraction of sp³-hybridized carbons (Fsp3) is 1.00. The Morgan fingerprint density at radius 1 is 1.05 bits per heavy atom. The third-order valence-corrected chi connectivity index (χ3v) is 4.95. The minimum atomic E-state index is -0.114. The molecule has 0 radical (unpaired) electrons. The molecular weight excluding hydrogens is 236 g/mol. The molecule has 2 N–H and O–H groups in total. The van der Waals surface area contributed by atoms with Gasteiger partial charge in [0.1, 0.15) is 0 Å². The first kappa shape index (κ1) is 15.3. The summed E-state index contributed by atoms with van der Waals surface area (Å²) in [5, 5.41) is 13.7. The quantitative estimate of drug-likeness (QED) is 0.594. The second kappa shape index (κ2) is 8.23. The lowest BCUT2D eigenvalue weighted by atomic mass is 10.0. The predicted octanol–water partition coefficient (Wildman–Crippen LogP) is 2.53. The van der Waals surface area contributed by atoms with Gasteiger partial charge in [-0.25, -0.2) is 0 Å². The van der Waals surface area contributed by atoms with E-state index in [1.807, 2.05) is 0 Å². The van der Waals surface area contributed by atoms with Crippen LogP contribution in [-0.2, 0) is 0 Å². The van der Waals surface area contributed by atoms with Gasteiger partial charge in [-0.3, -0.25) is 0 Å². The molecule has 0 aromatic heterocycles. The summed E-state index contributed by atoms with van der Waals surface area (Å²) in [6.45, 7) is 5.93. The molecule has 3 unspecified atom stereocenters. The first-order chi connectivity index (χ1) is 9.27. The first-order valence-electron chi connectivity index (χ1n) is 8.43. The van der Waals surface area contributed by atoms with Gasteiger partial charge in [-0.2, -0.15) is 0 Å². The molecule has 0 aromatic rings. The van der Waals surface area contributed by atoms with Crippen LogP contribution in [0.3, 0.4) is 0 Å². The summed E-state index contributed by atoms with van der Waals surface area (Å²) in [5.41, 5.74) is 0. The van der Waals surface area contributed by atoms with Crippen LogP contribution in [-0.4, -0.2) is 47.8 Å². The van der Waals surface area contributed by atoms with Crippen molar-refractivity contribution in [3.63, 3.8) is 0 Å². The third kappa shape index (κ3) is 5.05. The standard InChI is InChI=1S/C16H32N2O/c1-14-8-5-6-12-18(14)13-7-11-17-15-9-3-2-4-10-16(15)19/h14-17,19H,2-13H2,1H3. The number of aliphatic hydroxyl groups is 1. The molecule has 19 heavy (non-hydrogen) atoms. The number of nitrogens with zero attached hydrogens (tertiary/aromatic N) is 1. The minimum absolute atomic E-state index is 0.114. The van der Waals surface area contributed by atoms with Crippen molar-refractivity contribution in [2.75, 3.05) is 19.6 Å². The molecule has 2 fully saturated rings. The molecular formula is C16H32N2O. The van der Waals surface area contributed by atoms with E-state index in [0.29, 0.717) is 6.04 Å². The number of hydrogen-bond acceptors (Lipinski definition) is 3. The highest BCUT2D eigenvalue weighted by Crippen LogP contribution is 2.18. The normalized spacial score (nSPS) is 34.1. The van der Waals surface area contributed by atoms with E-state index in [4.69, 9.17) is 0 Å². The number of aliphatic hydroxyl groups excluding tert-OH is 1. The van der Waals surface area contributed by atoms with Gasteiger partial charge in [-0.15, -0.1) is 0 Å². The molecule has 1 aliphatic carbocycles. The summed E-state index contributed by atoms with van der Waals surface area (Å²) in [5.74, 6) is 0. The fourth-order valence-corrected chi connectivity index (χ4v) is 3.59. The topological polar surface area (TPSA) is 35.5 Å². The van der Waals surface area contributed by atoms with E-state index < -0.39 is 0 Å². The Morgan fingerprint density at radius 2 is 1.84 bits per heavy atom. The zero-order valence-electron chi connectivity index (χ0n) is 12.6. The number of hydrogen-bond donors (Lipinski definition) is 2. The molecule has 1 saturated carbocycles. The zero-order valence-corrected chi connectivity index (χ0v) is 12.6. The van der Waals surface area contributed by atoms with E-state index in [0.717, 1.165) is 25.4 Å². The van der Waals surface area contributed by atoms with Crippen LogP contribution >= 0.6 is 0 Å². The Kier molecular flexibility index (Phi) is 6.62. The zero-order chi connectivity index (χ0) is 13.5. The van der Waals surface area contributed by atoms with Crippen LogP contribution in [0.5, 0.6) is 0 Å². The predicted molar refractivity (Wildman–Crippen MR) is 80.4 cm³/mol. The summed E-state index contributed by atoms with van der Waals surface area (Å²) in [4.78, 5) is 2.63. The van der Waals surface area contributed by atoms with Gasteiger partial charge in [0, 0.05) is 12.1 Å². The summed E-state index contributed by atoms with van der Waals surface area (Å²) in [6, 6.07) is 1.12. The van der Waals surface area contributed by atoms with Crippen LogP contribution in [0.15, 0.2) is 0 Å². The van der Waals surface area contributed by atoms with Gasteiger partial charge in [-0.1, -0.05) is 25.7 Å². The van der Waals surface area contributed by atoms with Crippen molar-refractivity contribution in [1.29, 1.82) is 0 Å². The first-order valence-corrected chi connectivity index (χ1v) is 8.43.